The monoisotopic (exact) mass is 286 g/mol. The van der Waals surface area contributed by atoms with Crippen molar-refractivity contribution in [2.45, 2.75) is 31.2 Å². The average Bonchev–Trinajstić information content (AvgIpc) is 2.93. The number of para-hydroxylation sites is 1. The molecular weight excluding hydrogens is 264 g/mol. The molecule has 2 heterocycles. The van der Waals surface area contributed by atoms with Gasteiger partial charge >= 0.3 is 0 Å². The standard InChI is InChI=1S/C16H22N4O/c1-20-11-12(10-18-20)6-7-15(19-17)13-8-9-21-16-5-3-2-4-14(13)16/h2-5,10-11,13,15,19H,6-9,17H2,1H3. The number of rotatable bonds is 5. The first-order chi connectivity index (χ1) is 10.3. The summed E-state index contributed by atoms with van der Waals surface area (Å²) in [4.78, 5) is 0. The van der Waals surface area contributed by atoms with Crippen molar-refractivity contribution in [1.29, 1.82) is 0 Å². The van der Waals surface area contributed by atoms with Gasteiger partial charge in [0.25, 0.3) is 0 Å². The lowest BCUT2D eigenvalue weighted by Gasteiger charge is -2.32. The molecule has 0 fully saturated rings. The Morgan fingerprint density at radius 3 is 3.10 bits per heavy atom. The van der Waals surface area contributed by atoms with Gasteiger partial charge in [0.1, 0.15) is 5.75 Å². The van der Waals surface area contributed by atoms with Crippen LogP contribution in [0, 0.1) is 0 Å². The van der Waals surface area contributed by atoms with E-state index in [0.717, 1.165) is 31.6 Å². The van der Waals surface area contributed by atoms with Crippen LogP contribution in [0.5, 0.6) is 5.75 Å². The lowest BCUT2D eigenvalue weighted by Crippen LogP contribution is -2.41. The highest BCUT2D eigenvalue weighted by molar-refractivity contribution is 5.38. The molecule has 0 spiro atoms. The number of hydrazine groups is 1. The van der Waals surface area contributed by atoms with Crippen molar-refractivity contribution in [2.24, 2.45) is 12.9 Å². The molecule has 0 amide bonds. The first-order valence-corrected chi connectivity index (χ1v) is 7.43. The summed E-state index contributed by atoms with van der Waals surface area (Å²) in [5, 5.41) is 4.21. The highest BCUT2D eigenvalue weighted by Crippen LogP contribution is 2.36. The van der Waals surface area contributed by atoms with Crippen molar-refractivity contribution in [1.82, 2.24) is 15.2 Å². The molecule has 2 unspecified atom stereocenters. The Morgan fingerprint density at radius 1 is 1.48 bits per heavy atom. The summed E-state index contributed by atoms with van der Waals surface area (Å²) in [6.07, 6.45) is 6.94. The molecule has 0 saturated heterocycles. The van der Waals surface area contributed by atoms with Crippen molar-refractivity contribution < 1.29 is 4.74 Å². The third-order valence-electron chi connectivity index (χ3n) is 4.21. The minimum absolute atomic E-state index is 0.246. The summed E-state index contributed by atoms with van der Waals surface area (Å²) in [7, 11) is 1.94. The molecule has 0 saturated carbocycles. The molecule has 2 aromatic rings. The predicted molar refractivity (Wildman–Crippen MR) is 81.9 cm³/mol. The Morgan fingerprint density at radius 2 is 2.33 bits per heavy atom. The molecule has 1 aromatic heterocycles. The number of ether oxygens (including phenoxy) is 1. The van der Waals surface area contributed by atoms with E-state index in [1.54, 1.807) is 0 Å². The van der Waals surface area contributed by atoms with Gasteiger partial charge in [-0.3, -0.25) is 16.0 Å². The van der Waals surface area contributed by atoms with E-state index in [4.69, 9.17) is 10.6 Å². The van der Waals surface area contributed by atoms with Gasteiger partial charge in [-0.1, -0.05) is 18.2 Å². The molecule has 0 aliphatic carbocycles. The molecule has 21 heavy (non-hydrogen) atoms. The normalized spacial score (nSPS) is 18.9. The van der Waals surface area contributed by atoms with E-state index in [9.17, 15) is 0 Å². The van der Waals surface area contributed by atoms with Crippen LogP contribution in [0.1, 0.15) is 29.9 Å². The minimum Gasteiger partial charge on any atom is -0.493 e. The number of aryl methyl sites for hydroxylation is 2. The molecule has 0 radical (unpaired) electrons. The summed E-state index contributed by atoms with van der Waals surface area (Å²) in [5.41, 5.74) is 5.52. The third kappa shape index (κ3) is 3.09. The fourth-order valence-corrected chi connectivity index (χ4v) is 3.11. The summed E-state index contributed by atoms with van der Waals surface area (Å²) >= 11 is 0. The van der Waals surface area contributed by atoms with Crippen molar-refractivity contribution >= 4 is 0 Å². The van der Waals surface area contributed by atoms with E-state index in [1.807, 2.05) is 30.1 Å². The molecule has 112 valence electrons. The number of hydrogen-bond donors (Lipinski definition) is 2. The number of benzene rings is 1. The van der Waals surface area contributed by atoms with Crippen LogP contribution in [0.4, 0.5) is 0 Å². The maximum atomic E-state index is 5.82. The van der Waals surface area contributed by atoms with E-state index in [2.05, 4.69) is 28.9 Å². The van der Waals surface area contributed by atoms with Gasteiger partial charge in [0.2, 0.25) is 0 Å². The summed E-state index contributed by atoms with van der Waals surface area (Å²) in [6.45, 7) is 0.757. The molecule has 2 atom stereocenters. The zero-order valence-corrected chi connectivity index (χ0v) is 12.3. The molecule has 1 aliphatic rings. The lowest BCUT2D eigenvalue weighted by atomic mass is 9.84. The topological polar surface area (TPSA) is 65.1 Å². The van der Waals surface area contributed by atoms with Gasteiger partial charge in [-0.25, -0.2) is 0 Å². The number of fused-ring (bicyclic) bond motifs is 1. The van der Waals surface area contributed by atoms with Crippen LogP contribution in [-0.4, -0.2) is 22.4 Å². The first kappa shape index (κ1) is 14.1. The number of hydrogen-bond acceptors (Lipinski definition) is 4. The first-order valence-electron chi connectivity index (χ1n) is 7.43. The number of nitrogens with zero attached hydrogens (tertiary/aromatic N) is 2. The fraction of sp³-hybridized carbons (Fsp3) is 0.438. The fourth-order valence-electron chi connectivity index (χ4n) is 3.11. The highest BCUT2D eigenvalue weighted by atomic mass is 16.5. The molecule has 1 aromatic carbocycles. The Hall–Kier alpha value is -1.85. The van der Waals surface area contributed by atoms with Crippen LogP contribution >= 0.6 is 0 Å². The molecule has 3 N–H and O–H groups in total. The van der Waals surface area contributed by atoms with Gasteiger partial charge in [0.05, 0.1) is 12.8 Å². The van der Waals surface area contributed by atoms with E-state index in [0.29, 0.717) is 5.92 Å². The highest BCUT2D eigenvalue weighted by Gasteiger charge is 2.28. The Kier molecular flexibility index (Phi) is 4.22. The Balaban J connectivity index is 1.72. The zero-order chi connectivity index (χ0) is 14.7. The van der Waals surface area contributed by atoms with Crippen molar-refractivity contribution in [3.05, 3.63) is 47.8 Å². The van der Waals surface area contributed by atoms with Gasteiger partial charge in [0, 0.05) is 25.2 Å². The molecule has 0 bridgehead atoms. The number of nitrogens with two attached hydrogens (primary N) is 1. The molecule has 1 aliphatic heterocycles. The van der Waals surface area contributed by atoms with E-state index < -0.39 is 0 Å². The van der Waals surface area contributed by atoms with E-state index >= 15 is 0 Å². The Labute approximate surface area is 125 Å². The molecule has 5 heteroatoms. The summed E-state index contributed by atoms with van der Waals surface area (Å²) in [6, 6.07) is 8.51. The van der Waals surface area contributed by atoms with E-state index in [1.165, 1.54) is 11.1 Å². The number of aromatic nitrogens is 2. The van der Waals surface area contributed by atoms with Crippen LogP contribution in [0.2, 0.25) is 0 Å². The minimum atomic E-state index is 0.246. The van der Waals surface area contributed by atoms with Gasteiger partial charge in [-0.05, 0) is 36.5 Å². The van der Waals surface area contributed by atoms with Crippen LogP contribution in [-0.2, 0) is 13.5 Å². The second kappa shape index (κ2) is 6.28. The number of nitrogens with one attached hydrogen (secondary N) is 1. The Bertz CT molecular complexity index is 595. The van der Waals surface area contributed by atoms with Gasteiger partial charge in [0.15, 0.2) is 0 Å². The quantitative estimate of drug-likeness (QED) is 0.649. The summed E-state index contributed by atoms with van der Waals surface area (Å²) < 4.78 is 7.57. The third-order valence-corrected chi connectivity index (χ3v) is 4.21. The van der Waals surface area contributed by atoms with Gasteiger partial charge in [-0.15, -0.1) is 0 Å². The average molecular weight is 286 g/mol. The van der Waals surface area contributed by atoms with Crippen molar-refractivity contribution in [3.8, 4) is 5.75 Å². The van der Waals surface area contributed by atoms with Crippen molar-refractivity contribution in [3.63, 3.8) is 0 Å². The van der Waals surface area contributed by atoms with E-state index in [-0.39, 0.29) is 6.04 Å². The maximum Gasteiger partial charge on any atom is 0.122 e. The molecule has 5 nitrogen and oxygen atoms in total. The van der Waals surface area contributed by atoms with Crippen LogP contribution in [0.25, 0.3) is 0 Å². The predicted octanol–water partition coefficient (Wildman–Crippen LogP) is 1.75. The second-order valence-electron chi connectivity index (χ2n) is 5.62. The van der Waals surface area contributed by atoms with Crippen molar-refractivity contribution in [2.75, 3.05) is 6.61 Å². The SMILES string of the molecule is Cn1cc(CCC(NN)C2CCOc3ccccc32)cn1. The zero-order valence-electron chi connectivity index (χ0n) is 12.3. The van der Waals surface area contributed by atoms with Crippen LogP contribution in [0.3, 0.4) is 0 Å². The second-order valence-corrected chi connectivity index (χ2v) is 5.62. The smallest absolute Gasteiger partial charge is 0.122 e. The largest absolute Gasteiger partial charge is 0.493 e. The lowest BCUT2D eigenvalue weighted by molar-refractivity contribution is 0.242. The van der Waals surface area contributed by atoms with Gasteiger partial charge in [-0.2, -0.15) is 5.10 Å². The summed E-state index contributed by atoms with van der Waals surface area (Å²) in [5.74, 6) is 7.21. The van der Waals surface area contributed by atoms with Gasteiger partial charge < -0.3 is 4.74 Å². The van der Waals surface area contributed by atoms with Crippen LogP contribution in [0.15, 0.2) is 36.7 Å². The van der Waals surface area contributed by atoms with Crippen LogP contribution < -0.4 is 16.0 Å². The maximum absolute atomic E-state index is 5.82. The molecular formula is C16H22N4O. The molecule has 3 rings (SSSR count).